The molecule has 0 bridgehead atoms. The highest BCUT2D eigenvalue weighted by Crippen LogP contribution is 2.09. The van der Waals surface area contributed by atoms with E-state index >= 15 is 0 Å². The zero-order valence-corrected chi connectivity index (χ0v) is 9.18. The van der Waals surface area contributed by atoms with Crippen molar-refractivity contribution in [2.45, 2.75) is 25.1 Å². The van der Waals surface area contributed by atoms with Gasteiger partial charge in [-0.25, -0.2) is 4.98 Å². The highest BCUT2D eigenvalue weighted by atomic mass is 16.3. The monoisotopic (exact) mass is 224 g/mol. The molecule has 1 aliphatic heterocycles. The van der Waals surface area contributed by atoms with E-state index in [4.69, 9.17) is 0 Å². The highest BCUT2D eigenvalue weighted by Gasteiger charge is 2.30. The number of rotatable bonds is 3. The molecule has 1 aromatic rings. The summed E-state index contributed by atoms with van der Waals surface area (Å²) in [6, 6.07) is -0.269. The maximum atomic E-state index is 11.9. The number of nitrogens with one attached hydrogen (secondary N) is 2. The number of hydrogen-bond donors (Lipinski definition) is 3. The Morgan fingerprint density at radius 3 is 3.12 bits per heavy atom. The summed E-state index contributed by atoms with van der Waals surface area (Å²) in [4.78, 5) is 20.5. The number of aromatic amines is 1. The molecule has 16 heavy (non-hydrogen) atoms. The van der Waals surface area contributed by atoms with Crippen LogP contribution in [0.15, 0.2) is 12.4 Å². The summed E-state index contributed by atoms with van der Waals surface area (Å²) in [5.74, 6) is 0.752. The second kappa shape index (κ2) is 4.63. The molecule has 1 saturated heterocycles. The third-order valence-corrected chi connectivity index (χ3v) is 2.72. The van der Waals surface area contributed by atoms with Crippen molar-refractivity contribution < 1.29 is 9.90 Å². The number of nitrogens with zero attached hydrogens (tertiary/aromatic N) is 2. The number of aromatic nitrogens is 2. The van der Waals surface area contributed by atoms with Crippen LogP contribution in [-0.2, 0) is 11.3 Å². The Kier molecular flexibility index (Phi) is 3.21. The van der Waals surface area contributed by atoms with Crippen LogP contribution in [0.25, 0.3) is 0 Å². The van der Waals surface area contributed by atoms with E-state index in [1.54, 1.807) is 24.3 Å². The fourth-order valence-corrected chi connectivity index (χ4v) is 1.86. The molecule has 2 rings (SSSR count). The lowest BCUT2D eigenvalue weighted by Crippen LogP contribution is -2.41. The molecule has 6 heteroatoms. The van der Waals surface area contributed by atoms with Crippen LogP contribution in [0, 0.1) is 0 Å². The van der Waals surface area contributed by atoms with Gasteiger partial charge < -0.3 is 20.3 Å². The van der Waals surface area contributed by atoms with Gasteiger partial charge in [0.05, 0.1) is 18.7 Å². The van der Waals surface area contributed by atoms with Crippen LogP contribution in [-0.4, -0.2) is 51.6 Å². The molecular formula is C10H16N4O2. The lowest BCUT2D eigenvalue weighted by atomic mass is 10.2. The number of aliphatic hydroxyl groups is 1. The van der Waals surface area contributed by atoms with E-state index in [0.29, 0.717) is 19.5 Å². The summed E-state index contributed by atoms with van der Waals surface area (Å²) in [5.41, 5.74) is 0. The van der Waals surface area contributed by atoms with Gasteiger partial charge in [-0.3, -0.25) is 4.79 Å². The van der Waals surface area contributed by atoms with Crippen molar-refractivity contribution in [2.24, 2.45) is 0 Å². The molecule has 0 aromatic carbocycles. The third-order valence-electron chi connectivity index (χ3n) is 2.72. The van der Waals surface area contributed by atoms with Crippen LogP contribution in [0.3, 0.4) is 0 Å². The predicted molar refractivity (Wildman–Crippen MR) is 57.5 cm³/mol. The Morgan fingerprint density at radius 2 is 2.56 bits per heavy atom. The summed E-state index contributed by atoms with van der Waals surface area (Å²) in [7, 11) is 1.73. The zero-order chi connectivity index (χ0) is 11.5. The van der Waals surface area contributed by atoms with Gasteiger partial charge in [-0.2, -0.15) is 0 Å². The Bertz CT molecular complexity index is 352. The minimum absolute atomic E-state index is 0.00653. The van der Waals surface area contributed by atoms with E-state index in [-0.39, 0.29) is 11.9 Å². The second-order valence-electron chi connectivity index (χ2n) is 4.08. The standard InChI is InChI=1S/C10H16N4O2/c1-14(6-9-11-2-3-12-9)10(16)8-4-7(15)5-13-8/h2-3,7-8,13,15H,4-6H2,1H3,(H,11,12). The lowest BCUT2D eigenvalue weighted by Gasteiger charge is -2.19. The van der Waals surface area contributed by atoms with Crippen molar-refractivity contribution in [2.75, 3.05) is 13.6 Å². The van der Waals surface area contributed by atoms with Crippen LogP contribution in [0.5, 0.6) is 0 Å². The van der Waals surface area contributed by atoms with Crippen LogP contribution in [0.2, 0.25) is 0 Å². The number of carbonyl (C=O) groups excluding carboxylic acids is 1. The maximum Gasteiger partial charge on any atom is 0.239 e. The third kappa shape index (κ3) is 2.40. The topological polar surface area (TPSA) is 81.2 Å². The Hall–Kier alpha value is -1.40. The van der Waals surface area contributed by atoms with Crippen LogP contribution in [0.1, 0.15) is 12.2 Å². The zero-order valence-electron chi connectivity index (χ0n) is 9.18. The molecule has 1 amide bonds. The molecule has 0 spiro atoms. The van der Waals surface area contributed by atoms with Crippen molar-refractivity contribution in [1.82, 2.24) is 20.2 Å². The van der Waals surface area contributed by atoms with Crippen molar-refractivity contribution in [3.05, 3.63) is 18.2 Å². The first-order valence-corrected chi connectivity index (χ1v) is 5.31. The van der Waals surface area contributed by atoms with Crippen molar-refractivity contribution >= 4 is 5.91 Å². The molecule has 0 aliphatic carbocycles. The molecule has 1 aliphatic rings. The number of carbonyl (C=O) groups is 1. The van der Waals surface area contributed by atoms with Gasteiger partial charge in [0.25, 0.3) is 0 Å². The summed E-state index contributed by atoms with van der Waals surface area (Å²) in [6.45, 7) is 0.950. The van der Waals surface area contributed by atoms with Crippen molar-refractivity contribution in [3.8, 4) is 0 Å². The first-order valence-electron chi connectivity index (χ1n) is 5.31. The average Bonchev–Trinajstić information content (AvgIpc) is 2.88. The summed E-state index contributed by atoms with van der Waals surface area (Å²) >= 11 is 0. The van der Waals surface area contributed by atoms with Gasteiger partial charge >= 0.3 is 0 Å². The first-order chi connectivity index (χ1) is 7.66. The fourth-order valence-electron chi connectivity index (χ4n) is 1.86. The summed E-state index contributed by atoms with van der Waals surface area (Å²) < 4.78 is 0. The predicted octanol–water partition coefficient (Wildman–Crippen LogP) is -0.909. The fraction of sp³-hybridized carbons (Fsp3) is 0.600. The molecule has 1 fully saturated rings. The van der Waals surface area contributed by atoms with Gasteiger partial charge in [0.2, 0.25) is 5.91 Å². The van der Waals surface area contributed by atoms with E-state index in [1.807, 2.05) is 0 Å². The molecule has 2 heterocycles. The number of β-amino-alcohol motifs (C(OH)–C–C–N with tert-alkyl or cyclic N) is 1. The Morgan fingerprint density at radius 1 is 1.75 bits per heavy atom. The number of likely N-dealkylation sites (N-methyl/N-ethyl adjacent to an activating group) is 1. The van der Waals surface area contributed by atoms with E-state index in [2.05, 4.69) is 15.3 Å². The molecule has 2 unspecified atom stereocenters. The van der Waals surface area contributed by atoms with Crippen LogP contribution in [0.4, 0.5) is 0 Å². The second-order valence-corrected chi connectivity index (χ2v) is 4.08. The maximum absolute atomic E-state index is 11.9. The van der Waals surface area contributed by atoms with Crippen molar-refractivity contribution in [3.63, 3.8) is 0 Å². The molecule has 2 atom stereocenters. The number of H-pyrrole nitrogens is 1. The number of hydrogen-bond acceptors (Lipinski definition) is 4. The van der Waals surface area contributed by atoms with Gasteiger partial charge in [0.1, 0.15) is 5.82 Å². The van der Waals surface area contributed by atoms with Crippen molar-refractivity contribution in [1.29, 1.82) is 0 Å². The molecule has 3 N–H and O–H groups in total. The summed E-state index contributed by atoms with van der Waals surface area (Å²) in [5, 5.41) is 12.3. The number of imidazole rings is 1. The number of aliphatic hydroxyl groups excluding tert-OH is 1. The largest absolute Gasteiger partial charge is 0.392 e. The molecule has 0 saturated carbocycles. The first kappa shape index (κ1) is 11.1. The van der Waals surface area contributed by atoms with Gasteiger partial charge in [0, 0.05) is 26.0 Å². The Balaban J connectivity index is 1.89. The van der Waals surface area contributed by atoms with Gasteiger partial charge in [-0.05, 0) is 6.42 Å². The smallest absolute Gasteiger partial charge is 0.239 e. The average molecular weight is 224 g/mol. The van der Waals surface area contributed by atoms with Gasteiger partial charge in [0.15, 0.2) is 0 Å². The lowest BCUT2D eigenvalue weighted by molar-refractivity contribution is -0.132. The van der Waals surface area contributed by atoms with Gasteiger partial charge in [-0.1, -0.05) is 0 Å². The highest BCUT2D eigenvalue weighted by molar-refractivity contribution is 5.82. The molecule has 6 nitrogen and oxygen atoms in total. The van der Waals surface area contributed by atoms with E-state index in [0.717, 1.165) is 5.82 Å². The van der Waals surface area contributed by atoms with E-state index in [9.17, 15) is 9.90 Å². The molecular weight excluding hydrogens is 208 g/mol. The normalized spacial score (nSPS) is 24.6. The molecule has 0 radical (unpaired) electrons. The van der Waals surface area contributed by atoms with E-state index in [1.165, 1.54) is 0 Å². The minimum Gasteiger partial charge on any atom is -0.392 e. The van der Waals surface area contributed by atoms with Crippen LogP contribution < -0.4 is 5.32 Å². The SMILES string of the molecule is CN(Cc1ncc[nH]1)C(=O)C1CC(O)CN1. The minimum atomic E-state index is -0.411. The molecule has 88 valence electrons. The van der Waals surface area contributed by atoms with Crippen LogP contribution >= 0.6 is 0 Å². The Labute approximate surface area is 93.7 Å². The quantitative estimate of drug-likeness (QED) is 0.621. The number of amides is 1. The van der Waals surface area contributed by atoms with E-state index < -0.39 is 6.10 Å². The summed E-state index contributed by atoms with van der Waals surface area (Å²) in [6.07, 6.45) is 3.46. The molecule has 1 aromatic heterocycles. The van der Waals surface area contributed by atoms with Gasteiger partial charge in [-0.15, -0.1) is 0 Å².